The lowest BCUT2D eigenvalue weighted by Gasteiger charge is -2.33. The van der Waals surface area contributed by atoms with Crippen molar-refractivity contribution in [3.63, 3.8) is 0 Å². The molecule has 6 heteroatoms. The van der Waals surface area contributed by atoms with Crippen molar-refractivity contribution in [2.24, 2.45) is 5.92 Å². The van der Waals surface area contributed by atoms with Gasteiger partial charge in [0.15, 0.2) is 0 Å². The van der Waals surface area contributed by atoms with Crippen LogP contribution in [-0.4, -0.2) is 41.6 Å². The Kier molecular flexibility index (Phi) is 6.62. The molecule has 1 fully saturated rings. The number of aromatic nitrogens is 2. The van der Waals surface area contributed by atoms with Crippen LogP contribution < -0.4 is 15.5 Å². The highest BCUT2D eigenvalue weighted by molar-refractivity contribution is 5.76. The summed E-state index contributed by atoms with van der Waals surface area (Å²) >= 11 is 0. The highest BCUT2D eigenvalue weighted by Crippen LogP contribution is 2.25. The second-order valence-corrected chi connectivity index (χ2v) is 6.51. The minimum Gasteiger partial charge on any atom is -0.370 e. The maximum atomic E-state index is 11.8. The number of piperidine rings is 1. The van der Waals surface area contributed by atoms with Gasteiger partial charge in [-0.05, 0) is 46.0 Å². The summed E-state index contributed by atoms with van der Waals surface area (Å²) in [6.45, 7) is 8.90. The van der Waals surface area contributed by atoms with Crippen LogP contribution in [0.2, 0.25) is 0 Å². The Balaban J connectivity index is 1.88. The summed E-state index contributed by atoms with van der Waals surface area (Å²) in [6, 6.07) is 2.23. The van der Waals surface area contributed by atoms with Crippen LogP contribution in [0, 0.1) is 5.92 Å². The zero-order valence-corrected chi connectivity index (χ0v) is 14.5. The standard InChI is InChI=1S/C17H29N5O/c1-4-18-15-10-16(20-12-19-15)22-9-5-6-14(11-22)7-8-17(23)21-13(2)3/h10,12-14H,4-9,11H2,1-3H3,(H,21,23)(H,18,19,20)/t14-/m1/s1. The summed E-state index contributed by atoms with van der Waals surface area (Å²) in [5.41, 5.74) is 0. The molecule has 23 heavy (non-hydrogen) atoms. The smallest absolute Gasteiger partial charge is 0.220 e. The molecule has 1 aromatic heterocycles. The van der Waals surface area contributed by atoms with Crippen molar-refractivity contribution in [1.82, 2.24) is 15.3 Å². The summed E-state index contributed by atoms with van der Waals surface area (Å²) in [5.74, 6) is 2.57. The molecule has 0 unspecified atom stereocenters. The molecule has 1 aliphatic heterocycles. The van der Waals surface area contributed by atoms with Gasteiger partial charge in [-0.2, -0.15) is 0 Å². The Morgan fingerprint density at radius 3 is 3.00 bits per heavy atom. The van der Waals surface area contributed by atoms with E-state index < -0.39 is 0 Å². The predicted octanol–water partition coefficient (Wildman–Crippen LogP) is 2.43. The zero-order chi connectivity index (χ0) is 16.7. The van der Waals surface area contributed by atoms with Crippen molar-refractivity contribution in [1.29, 1.82) is 0 Å². The molecule has 0 spiro atoms. The Morgan fingerprint density at radius 1 is 1.43 bits per heavy atom. The average Bonchev–Trinajstić information content (AvgIpc) is 2.53. The monoisotopic (exact) mass is 319 g/mol. The van der Waals surface area contributed by atoms with Crippen LogP contribution >= 0.6 is 0 Å². The van der Waals surface area contributed by atoms with Crippen LogP contribution in [0.4, 0.5) is 11.6 Å². The maximum absolute atomic E-state index is 11.8. The SMILES string of the molecule is CCNc1cc(N2CCC[C@H](CCC(=O)NC(C)C)C2)ncn1. The van der Waals surface area contributed by atoms with Crippen LogP contribution in [0.25, 0.3) is 0 Å². The van der Waals surface area contributed by atoms with Gasteiger partial charge in [-0.3, -0.25) is 4.79 Å². The number of nitrogens with zero attached hydrogens (tertiary/aromatic N) is 3. The maximum Gasteiger partial charge on any atom is 0.220 e. The molecule has 2 heterocycles. The number of carbonyl (C=O) groups is 1. The van der Waals surface area contributed by atoms with Gasteiger partial charge in [0.25, 0.3) is 0 Å². The van der Waals surface area contributed by atoms with Crippen LogP contribution in [0.15, 0.2) is 12.4 Å². The van der Waals surface area contributed by atoms with E-state index in [1.54, 1.807) is 6.33 Å². The molecule has 0 radical (unpaired) electrons. The lowest BCUT2D eigenvalue weighted by atomic mass is 9.93. The third kappa shape index (κ3) is 5.69. The zero-order valence-electron chi connectivity index (χ0n) is 14.5. The predicted molar refractivity (Wildman–Crippen MR) is 93.6 cm³/mol. The van der Waals surface area contributed by atoms with Gasteiger partial charge in [-0.1, -0.05) is 0 Å². The minimum absolute atomic E-state index is 0.161. The fourth-order valence-corrected chi connectivity index (χ4v) is 3.04. The highest BCUT2D eigenvalue weighted by atomic mass is 16.1. The lowest BCUT2D eigenvalue weighted by molar-refractivity contribution is -0.121. The molecule has 0 aliphatic carbocycles. The van der Waals surface area contributed by atoms with E-state index in [0.717, 1.165) is 44.1 Å². The Bertz CT molecular complexity index is 506. The number of anilines is 2. The number of rotatable bonds is 7. The van der Waals surface area contributed by atoms with E-state index in [4.69, 9.17) is 0 Å². The van der Waals surface area contributed by atoms with Crippen molar-refractivity contribution in [3.05, 3.63) is 12.4 Å². The van der Waals surface area contributed by atoms with Gasteiger partial charge in [0.1, 0.15) is 18.0 Å². The van der Waals surface area contributed by atoms with Gasteiger partial charge in [0.2, 0.25) is 5.91 Å². The van der Waals surface area contributed by atoms with Crippen molar-refractivity contribution in [2.75, 3.05) is 29.9 Å². The summed E-state index contributed by atoms with van der Waals surface area (Å²) in [4.78, 5) is 22.8. The summed E-state index contributed by atoms with van der Waals surface area (Å²) < 4.78 is 0. The normalized spacial score (nSPS) is 18.1. The van der Waals surface area contributed by atoms with E-state index in [0.29, 0.717) is 12.3 Å². The van der Waals surface area contributed by atoms with Gasteiger partial charge < -0.3 is 15.5 Å². The Hall–Kier alpha value is -1.85. The molecule has 0 aromatic carbocycles. The molecule has 1 atom stereocenters. The topological polar surface area (TPSA) is 70.2 Å². The number of hydrogen-bond acceptors (Lipinski definition) is 5. The fraction of sp³-hybridized carbons (Fsp3) is 0.706. The van der Waals surface area contributed by atoms with E-state index in [1.165, 1.54) is 6.42 Å². The summed E-state index contributed by atoms with van der Waals surface area (Å²) in [5, 5.41) is 6.19. The van der Waals surface area contributed by atoms with Crippen molar-refractivity contribution < 1.29 is 4.79 Å². The van der Waals surface area contributed by atoms with Crippen molar-refractivity contribution in [2.45, 2.75) is 52.5 Å². The number of carbonyl (C=O) groups excluding carboxylic acids is 1. The molecular formula is C17H29N5O. The van der Waals surface area contributed by atoms with Gasteiger partial charge in [-0.15, -0.1) is 0 Å². The largest absolute Gasteiger partial charge is 0.370 e. The number of amides is 1. The molecule has 0 saturated carbocycles. The molecule has 1 amide bonds. The molecule has 1 aromatic rings. The van der Waals surface area contributed by atoms with E-state index in [2.05, 4.69) is 32.4 Å². The molecule has 2 rings (SSSR count). The molecule has 6 nitrogen and oxygen atoms in total. The Labute approximate surface area is 139 Å². The first-order chi connectivity index (χ1) is 11.1. The van der Waals surface area contributed by atoms with Gasteiger partial charge in [-0.25, -0.2) is 9.97 Å². The minimum atomic E-state index is 0.161. The summed E-state index contributed by atoms with van der Waals surface area (Å²) in [7, 11) is 0. The van der Waals surface area contributed by atoms with Crippen LogP contribution in [0.3, 0.4) is 0 Å². The molecule has 1 aliphatic rings. The molecule has 128 valence electrons. The van der Waals surface area contributed by atoms with Gasteiger partial charge in [0.05, 0.1) is 0 Å². The average molecular weight is 319 g/mol. The number of hydrogen-bond donors (Lipinski definition) is 2. The first-order valence-corrected chi connectivity index (χ1v) is 8.68. The quantitative estimate of drug-likeness (QED) is 0.808. The van der Waals surface area contributed by atoms with Gasteiger partial charge in [0, 0.05) is 38.2 Å². The second-order valence-electron chi connectivity index (χ2n) is 6.51. The third-order valence-corrected chi connectivity index (χ3v) is 4.08. The van der Waals surface area contributed by atoms with E-state index in [-0.39, 0.29) is 11.9 Å². The Morgan fingerprint density at radius 2 is 2.26 bits per heavy atom. The second kappa shape index (κ2) is 8.70. The van der Waals surface area contributed by atoms with Crippen LogP contribution in [0.5, 0.6) is 0 Å². The highest BCUT2D eigenvalue weighted by Gasteiger charge is 2.22. The van der Waals surface area contributed by atoms with Crippen LogP contribution in [0.1, 0.15) is 46.5 Å². The fourth-order valence-electron chi connectivity index (χ4n) is 3.04. The van der Waals surface area contributed by atoms with E-state index >= 15 is 0 Å². The molecule has 0 bridgehead atoms. The lowest BCUT2D eigenvalue weighted by Crippen LogP contribution is -2.37. The van der Waals surface area contributed by atoms with Crippen molar-refractivity contribution in [3.8, 4) is 0 Å². The van der Waals surface area contributed by atoms with Gasteiger partial charge >= 0.3 is 0 Å². The molecule has 1 saturated heterocycles. The van der Waals surface area contributed by atoms with E-state index in [9.17, 15) is 4.79 Å². The molecular weight excluding hydrogens is 290 g/mol. The first kappa shape index (κ1) is 17.5. The summed E-state index contributed by atoms with van der Waals surface area (Å²) in [6.07, 6.45) is 5.52. The molecule has 2 N–H and O–H groups in total. The van der Waals surface area contributed by atoms with E-state index in [1.807, 2.05) is 19.9 Å². The van der Waals surface area contributed by atoms with Crippen molar-refractivity contribution >= 4 is 17.5 Å². The first-order valence-electron chi connectivity index (χ1n) is 8.68. The number of nitrogens with one attached hydrogen (secondary N) is 2. The van der Waals surface area contributed by atoms with Crippen LogP contribution in [-0.2, 0) is 4.79 Å². The third-order valence-electron chi connectivity index (χ3n) is 4.08.